The Morgan fingerprint density at radius 3 is 2.68 bits per heavy atom. The van der Waals surface area contributed by atoms with Crippen LogP contribution in [0.1, 0.15) is 18.2 Å². The fourth-order valence-corrected chi connectivity index (χ4v) is 1.74. The van der Waals surface area contributed by atoms with Crippen molar-refractivity contribution in [1.82, 2.24) is 9.97 Å². The van der Waals surface area contributed by atoms with Gasteiger partial charge in [0.1, 0.15) is 11.6 Å². The van der Waals surface area contributed by atoms with Gasteiger partial charge in [-0.3, -0.25) is 0 Å². The second kappa shape index (κ2) is 5.65. The van der Waals surface area contributed by atoms with Crippen molar-refractivity contribution in [2.24, 2.45) is 0 Å². The maximum atomic E-state index is 13.2. The van der Waals surface area contributed by atoms with Crippen LogP contribution in [0, 0.1) is 19.7 Å². The summed E-state index contributed by atoms with van der Waals surface area (Å²) in [5.74, 6) is 0.946. The fraction of sp³-hybridized carbons (Fsp3) is 0.286. The number of hydrogen-bond acceptors (Lipinski definition) is 4. The molecule has 2 aromatic rings. The van der Waals surface area contributed by atoms with Crippen molar-refractivity contribution in [3.05, 3.63) is 41.3 Å². The molecule has 5 heteroatoms. The minimum absolute atomic E-state index is 0.272. The first-order valence-electron chi connectivity index (χ1n) is 6.21. The highest BCUT2D eigenvalue weighted by Gasteiger charge is 2.05. The summed E-state index contributed by atoms with van der Waals surface area (Å²) >= 11 is 0. The third-order valence-electron chi connectivity index (χ3n) is 2.65. The van der Waals surface area contributed by atoms with Gasteiger partial charge in [-0.1, -0.05) is 6.07 Å². The second-order valence-corrected chi connectivity index (χ2v) is 4.33. The van der Waals surface area contributed by atoms with E-state index in [9.17, 15) is 4.39 Å². The Labute approximate surface area is 112 Å². The van der Waals surface area contributed by atoms with Crippen LogP contribution in [0.15, 0.2) is 24.3 Å². The molecular weight excluding hydrogens is 243 g/mol. The van der Waals surface area contributed by atoms with E-state index in [1.54, 1.807) is 6.07 Å². The van der Waals surface area contributed by atoms with E-state index in [0.29, 0.717) is 17.5 Å². The molecule has 0 bridgehead atoms. The molecule has 19 heavy (non-hydrogen) atoms. The molecule has 1 aromatic heterocycles. The lowest BCUT2D eigenvalue weighted by Crippen LogP contribution is -2.05. The summed E-state index contributed by atoms with van der Waals surface area (Å²) in [6, 6.07) is 6.46. The molecule has 0 atom stereocenters. The standard InChI is InChI=1S/C14H17FN4/c1-4-16-14-17-10(3)7-13(19-14)18-12-8-11(15)6-5-9(12)2/h5-8H,4H2,1-3H3,(H2,16,17,18,19). The molecule has 0 saturated carbocycles. The summed E-state index contributed by atoms with van der Waals surface area (Å²) in [7, 11) is 0. The normalized spacial score (nSPS) is 10.3. The summed E-state index contributed by atoms with van der Waals surface area (Å²) < 4.78 is 13.2. The van der Waals surface area contributed by atoms with Crippen molar-refractivity contribution in [3.8, 4) is 0 Å². The van der Waals surface area contributed by atoms with Crippen LogP contribution < -0.4 is 10.6 Å². The van der Waals surface area contributed by atoms with E-state index < -0.39 is 0 Å². The Bertz CT molecular complexity index is 584. The van der Waals surface area contributed by atoms with Gasteiger partial charge in [-0.25, -0.2) is 9.37 Å². The monoisotopic (exact) mass is 260 g/mol. The molecule has 0 spiro atoms. The second-order valence-electron chi connectivity index (χ2n) is 4.33. The summed E-state index contributed by atoms with van der Waals surface area (Å²) in [6.45, 7) is 6.55. The first-order valence-corrected chi connectivity index (χ1v) is 6.21. The fourth-order valence-electron chi connectivity index (χ4n) is 1.74. The quantitative estimate of drug-likeness (QED) is 0.884. The zero-order chi connectivity index (χ0) is 13.8. The summed E-state index contributed by atoms with van der Waals surface area (Å²) in [6.07, 6.45) is 0. The van der Waals surface area contributed by atoms with Gasteiger partial charge in [0, 0.05) is 24.0 Å². The van der Waals surface area contributed by atoms with Crippen LogP contribution in [-0.2, 0) is 0 Å². The number of rotatable bonds is 4. The van der Waals surface area contributed by atoms with Crippen LogP contribution in [0.2, 0.25) is 0 Å². The lowest BCUT2D eigenvalue weighted by atomic mass is 10.2. The molecule has 0 unspecified atom stereocenters. The highest BCUT2D eigenvalue weighted by atomic mass is 19.1. The number of halogens is 1. The van der Waals surface area contributed by atoms with Crippen LogP contribution in [0.3, 0.4) is 0 Å². The van der Waals surface area contributed by atoms with Crippen LogP contribution >= 0.6 is 0 Å². The zero-order valence-electron chi connectivity index (χ0n) is 11.3. The summed E-state index contributed by atoms with van der Waals surface area (Å²) in [5, 5.41) is 6.19. The molecule has 100 valence electrons. The van der Waals surface area contributed by atoms with Gasteiger partial charge < -0.3 is 10.6 Å². The van der Waals surface area contributed by atoms with E-state index in [1.165, 1.54) is 12.1 Å². The predicted molar refractivity (Wildman–Crippen MR) is 75.4 cm³/mol. The number of aryl methyl sites for hydroxylation is 2. The molecule has 2 rings (SSSR count). The van der Waals surface area contributed by atoms with Crippen molar-refractivity contribution in [3.63, 3.8) is 0 Å². The predicted octanol–water partition coefficient (Wildman–Crippen LogP) is 3.41. The molecule has 0 aliphatic heterocycles. The van der Waals surface area contributed by atoms with Gasteiger partial charge in [0.25, 0.3) is 0 Å². The van der Waals surface area contributed by atoms with Gasteiger partial charge in [0.2, 0.25) is 5.95 Å². The highest BCUT2D eigenvalue weighted by molar-refractivity contribution is 5.61. The first kappa shape index (κ1) is 13.3. The van der Waals surface area contributed by atoms with Crippen molar-refractivity contribution in [2.75, 3.05) is 17.2 Å². The minimum Gasteiger partial charge on any atom is -0.354 e. The third kappa shape index (κ3) is 3.40. The summed E-state index contributed by atoms with van der Waals surface area (Å²) in [4.78, 5) is 8.60. The largest absolute Gasteiger partial charge is 0.354 e. The Hall–Kier alpha value is -2.17. The van der Waals surface area contributed by atoms with Crippen LogP contribution in [-0.4, -0.2) is 16.5 Å². The number of benzene rings is 1. The molecule has 1 heterocycles. The Morgan fingerprint density at radius 2 is 1.95 bits per heavy atom. The van der Waals surface area contributed by atoms with Crippen molar-refractivity contribution < 1.29 is 4.39 Å². The lowest BCUT2D eigenvalue weighted by Gasteiger charge is -2.11. The van der Waals surface area contributed by atoms with E-state index in [-0.39, 0.29) is 5.82 Å². The molecule has 0 aliphatic carbocycles. The average Bonchev–Trinajstić information content (AvgIpc) is 2.33. The van der Waals surface area contributed by atoms with E-state index >= 15 is 0 Å². The van der Waals surface area contributed by atoms with Crippen LogP contribution in [0.4, 0.5) is 21.8 Å². The van der Waals surface area contributed by atoms with Gasteiger partial charge in [-0.05, 0) is 38.5 Å². The summed E-state index contributed by atoms with van der Waals surface area (Å²) in [5.41, 5.74) is 2.52. The van der Waals surface area contributed by atoms with Crippen molar-refractivity contribution in [2.45, 2.75) is 20.8 Å². The third-order valence-corrected chi connectivity index (χ3v) is 2.65. The highest BCUT2D eigenvalue weighted by Crippen LogP contribution is 2.21. The Morgan fingerprint density at radius 1 is 1.16 bits per heavy atom. The molecule has 0 aliphatic rings. The smallest absolute Gasteiger partial charge is 0.224 e. The van der Waals surface area contributed by atoms with Gasteiger partial charge in [0.15, 0.2) is 0 Å². The van der Waals surface area contributed by atoms with Crippen LogP contribution in [0.5, 0.6) is 0 Å². The van der Waals surface area contributed by atoms with E-state index in [4.69, 9.17) is 0 Å². The van der Waals surface area contributed by atoms with Crippen molar-refractivity contribution >= 4 is 17.5 Å². The van der Waals surface area contributed by atoms with E-state index in [0.717, 1.165) is 17.8 Å². The number of aromatic nitrogens is 2. The molecule has 0 saturated heterocycles. The number of hydrogen-bond donors (Lipinski definition) is 2. The van der Waals surface area contributed by atoms with Gasteiger partial charge in [-0.2, -0.15) is 4.98 Å². The van der Waals surface area contributed by atoms with Gasteiger partial charge >= 0.3 is 0 Å². The Balaban J connectivity index is 2.29. The zero-order valence-corrected chi connectivity index (χ0v) is 11.3. The van der Waals surface area contributed by atoms with Crippen molar-refractivity contribution in [1.29, 1.82) is 0 Å². The molecular formula is C14H17FN4. The maximum absolute atomic E-state index is 13.2. The lowest BCUT2D eigenvalue weighted by molar-refractivity contribution is 0.628. The average molecular weight is 260 g/mol. The maximum Gasteiger partial charge on any atom is 0.224 e. The number of nitrogens with one attached hydrogen (secondary N) is 2. The van der Waals surface area contributed by atoms with Gasteiger partial charge in [-0.15, -0.1) is 0 Å². The molecule has 0 radical (unpaired) electrons. The Kier molecular flexibility index (Phi) is 3.94. The van der Waals surface area contributed by atoms with E-state index in [2.05, 4.69) is 20.6 Å². The molecule has 0 fully saturated rings. The number of anilines is 3. The topological polar surface area (TPSA) is 49.8 Å². The molecule has 4 nitrogen and oxygen atoms in total. The van der Waals surface area contributed by atoms with Crippen LogP contribution in [0.25, 0.3) is 0 Å². The SMILES string of the molecule is CCNc1nc(C)cc(Nc2cc(F)ccc2C)n1. The van der Waals surface area contributed by atoms with E-state index in [1.807, 2.05) is 26.8 Å². The minimum atomic E-state index is -0.272. The number of nitrogens with zero attached hydrogens (tertiary/aromatic N) is 2. The molecule has 2 N–H and O–H groups in total. The molecule has 0 amide bonds. The van der Waals surface area contributed by atoms with Gasteiger partial charge in [0.05, 0.1) is 0 Å². The molecule has 1 aromatic carbocycles. The first-order chi connectivity index (χ1) is 9.08.